The van der Waals surface area contributed by atoms with Crippen LogP contribution in [0.2, 0.25) is 0 Å². The van der Waals surface area contributed by atoms with Gasteiger partial charge in [0.25, 0.3) is 0 Å². The average Bonchev–Trinajstić information content (AvgIpc) is 3.24. The summed E-state index contributed by atoms with van der Waals surface area (Å²) in [5.74, 6) is -0.159. The van der Waals surface area contributed by atoms with E-state index in [0.717, 1.165) is 30.4 Å². The molecule has 0 atom stereocenters. The number of hydrazone groups is 1. The van der Waals surface area contributed by atoms with E-state index < -0.39 is 0 Å². The fraction of sp³-hybridized carbons (Fsp3) is 0.200. The molecule has 0 radical (unpaired) electrons. The van der Waals surface area contributed by atoms with Gasteiger partial charge in [-0.25, -0.2) is 5.43 Å². The second-order valence-corrected chi connectivity index (χ2v) is 10.1. The topological polar surface area (TPSA) is 59.5 Å². The van der Waals surface area contributed by atoms with Gasteiger partial charge < -0.3 is 8.98 Å². The molecule has 7 heteroatoms. The van der Waals surface area contributed by atoms with Crippen molar-refractivity contribution in [2.45, 2.75) is 34.6 Å². The number of nitrogens with one attached hydrogen (secondary N) is 1. The van der Waals surface area contributed by atoms with E-state index >= 15 is 0 Å². The molecule has 0 aliphatic heterocycles. The van der Waals surface area contributed by atoms with Crippen LogP contribution >= 0.6 is 38.5 Å². The minimum Gasteiger partial charge on any atom is -0.450 e. The number of furan rings is 1. The molecule has 1 amide bonds. The molecule has 0 saturated carbocycles. The zero-order valence-corrected chi connectivity index (χ0v) is 22.3. The van der Waals surface area contributed by atoms with Crippen molar-refractivity contribution in [3.63, 3.8) is 0 Å². The molecule has 0 fully saturated rings. The summed E-state index contributed by atoms with van der Waals surface area (Å²) in [4.78, 5) is 12.6. The monoisotopic (exact) mass is 603 g/mol. The van der Waals surface area contributed by atoms with Crippen LogP contribution in [0.5, 0.6) is 0 Å². The summed E-state index contributed by atoms with van der Waals surface area (Å²) in [5, 5.41) is 5.05. The maximum atomic E-state index is 12.6. The summed E-state index contributed by atoms with van der Waals surface area (Å²) in [6.45, 7) is 10.5. The van der Waals surface area contributed by atoms with E-state index in [4.69, 9.17) is 4.42 Å². The second-order valence-electron chi connectivity index (χ2n) is 8.02. The SMILES string of the molecule is Cc1cc(C)c(-n2c(C)cc(/C=N\NC(=O)c3cc4cc(Br)cc(I)c4o3)c2C)c(C)c1. The molecule has 0 aliphatic carbocycles. The lowest BCUT2D eigenvalue weighted by molar-refractivity contribution is 0.0929. The third-order valence-electron chi connectivity index (χ3n) is 5.46. The maximum absolute atomic E-state index is 12.6. The highest BCUT2D eigenvalue weighted by Gasteiger charge is 2.16. The molecule has 1 N–H and O–H groups in total. The molecule has 4 rings (SSSR count). The number of aryl methyl sites for hydroxylation is 4. The van der Waals surface area contributed by atoms with Crippen LogP contribution < -0.4 is 5.43 Å². The summed E-state index contributed by atoms with van der Waals surface area (Å²) in [7, 11) is 0. The van der Waals surface area contributed by atoms with Crippen molar-refractivity contribution in [2.24, 2.45) is 5.10 Å². The highest BCUT2D eigenvalue weighted by molar-refractivity contribution is 14.1. The molecular weight excluding hydrogens is 581 g/mol. The van der Waals surface area contributed by atoms with E-state index in [9.17, 15) is 4.79 Å². The first kappa shape index (κ1) is 22.8. The van der Waals surface area contributed by atoms with Gasteiger partial charge in [0.2, 0.25) is 0 Å². The molecule has 0 bridgehead atoms. The number of amides is 1. The number of nitrogens with zero attached hydrogens (tertiary/aromatic N) is 2. The molecule has 32 heavy (non-hydrogen) atoms. The number of fused-ring (bicyclic) bond motifs is 1. The first-order chi connectivity index (χ1) is 15.2. The van der Waals surface area contributed by atoms with Gasteiger partial charge in [-0.05, 0) is 92.6 Å². The molecule has 0 saturated heterocycles. The third kappa shape index (κ3) is 4.28. The molecule has 2 aromatic carbocycles. The van der Waals surface area contributed by atoms with Gasteiger partial charge in [-0.15, -0.1) is 0 Å². The van der Waals surface area contributed by atoms with Crippen molar-refractivity contribution < 1.29 is 9.21 Å². The number of rotatable bonds is 4. The fourth-order valence-corrected chi connectivity index (χ4v) is 5.85. The van der Waals surface area contributed by atoms with Crippen LogP contribution in [0.4, 0.5) is 0 Å². The number of benzene rings is 2. The normalized spacial score (nSPS) is 11.6. The smallest absolute Gasteiger partial charge is 0.307 e. The Morgan fingerprint density at radius 1 is 1.06 bits per heavy atom. The van der Waals surface area contributed by atoms with Gasteiger partial charge in [0.05, 0.1) is 15.5 Å². The van der Waals surface area contributed by atoms with Crippen molar-refractivity contribution in [3.8, 4) is 5.69 Å². The predicted molar refractivity (Wildman–Crippen MR) is 141 cm³/mol. The van der Waals surface area contributed by atoms with Gasteiger partial charge in [0.1, 0.15) is 5.58 Å². The number of hydrogen-bond donors (Lipinski definition) is 1. The van der Waals surface area contributed by atoms with Crippen molar-refractivity contribution >= 4 is 61.6 Å². The van der Waals surface area contributed by atoms with Gasteiger partial charge in [-0.2, -0.15) is 5.10 Å². The molecule has 0 spiro atoms. The lowest BCUT2D eigenvalue weighted by Crippen LogP contribution is -2.16. The molecule has 0 aliphatic rings. The highest BCUT2D eigenvalue weighted by Crippen LogP contribution is 2.29. The first-order valence-electron chi connectivity index (χ1n) is 10.1. The van der Waals surface area contributed by atoms with Crippen molar-refractivity contribution in [1.82, 2.24) is 9.99 Å². The van der Waals surface area contributed by atoms with E-state index in [1.165, 1.54) is 22.4 Å². The Kier molecular flexibility index (Phi) is 6.31. The molecule has 164 valence electrons. The van der Waals surface area contributed by atoms with E-state index in [1.54, 1.807) is 12.3 Å². The Morgan fingerprint density at radius 3 is 2.44 bits per heavy atom. The van der Waals surface area contributed by atoms with E-state index in [2.05, 4.69) is 106 Å². The Labute approximate surface area is 209 Å². The first-order valence-corrected chi connectivity index (χ1v) is 12.0. The number of hydrogen-bond acceptors (Lipinski definition) is 3. The van der Waals surface area contributed by atoms with Crippen molar-refractivity contribution in [3.05, 3.63) is 83.8 Å². The Hall–Kier alpha value is -2.39. The lowest BCUT2D eigenvalue weighted by Gasteiger charge is -2.16. The quantitative estimate of drug-likeness (QED) is 0.157. The number of carbonyl (C=O) groups excluding carboxylic acids is 1. The van der Waals surface area contributed by atoms with Crippen LogP contribution in [0.15, 0.2) is 50.4 Å². The van der Waals surface area contributed by atoms with Crippen LogP contribution in [0.1, 0.15) is 44.2 Å². The number of carbonyl (C=O) groups is 1. The molecule has 0 unspecified atom stereocenters. The Bertz CT molecular complexity index is 1380. The summed E-state index contributed by atoms with van der Waals surface area (Å²) in [5.41, 5.74) is 11.3. The summed E-state index contributed by atoms with van der Waals surface area (Å²) in [6.07, 6.45) is 1.68. The highest BCUT2D eigenvalue weighted by atomic mass is 127. The average molecular weight is 604 g/mol. The molecular formula is C25H23BrIN3O2. The van der Waals surface area contributed by atoms with Crippen LogP contribution in [-0.2, 0) is 0 Å². The Balaban J connectivity index is 1.58. The van der Waals surface area contributed by atoms with E-state index in [1.807, 2.05) is 12.1 Å². The van der Waals surface area contributed by atoms with Gasteiger partial charge >= 0.3 is 5.91 Å². The zero-order chi connectivity index (χ0) is 23.2. The van der Waals surface area contributed by atoms with Gasteiger partial charge in [-0.3, -0.25) is 4.79 Å². The standard InChI is InChI=1S/C25H23BrIN3O2/c1-13-6-14(2)23(15(3)7-13)30-16(4)8-19(17(30)5)12-28-29-25(31)22-10-18-9-20(26)11-21(27)24(18)32-22/h6-12H,1-5H3,(H,29,31)/b28-12-. The summed E-state index contributed by atoms with van der Waals surface area (Å²) in [6, 6.07) is 12.1. The third-order valence-corrected chi connectivity index (χ3v) is 6.72. The van der Waals surface area contributed by atoms with Crippen molar-refractivity contribution in [1.29, 1.82) is 0 Å². The number of halogens is 2. The second kappa shape index (κ2) is 8.86. The molecule has 4 aromatic rings. The van der Waals surface area contributed by atoms with E-state index in [0.29, 0.717) is 5.58 Å². The van der Waals surface area contributed by atoms with Crippen molar-refractivity contribution in [2.75, 3.05) is 0 Å². The molecule has 2 aromatic heterocycles. The number of aromatic nitrogens is 1. The van der Waals surface area contributed by atoms with E-state index in [-0.39, 0.29) is 11.7 Å². The molecule has 5 nitrogen and oxygen atoms in total. The van der Waals surface area contributed by atoms with Crippen LogP contribution in [0, 0.1) is 38.2 Å². The Morgan fingerprint density at radius 2 is 1.75 bits per heavy atom. The van der Waals surface area contributed by atoms with Crippen LogP contribution in [-0.4, -0.2) is 16.7 Å². The van der Waals surface area contributed by atoms with Crippen LogP contribution in [0.25, 0.3) is 16.7 Å². The van der Waals surface area contributed by atoms with Gasteiger partial charge in [-0.1, -0.05) is 33.6 Å². The zero-order valence-electron chi connectivity index (χ0n) is 18.5. The maximum Gasteiger partial charge on any atom is 0.307 e. The predicted octanol–water partition coefficient (Wildman–Crippen LogP) is 6.90. The summed E-state index contributed by atoms with van der Waals surface area (Å²) < 4.78 is 9.86. The van der Waals surface area contributed by atoms with Gasteiger partial charge in [0, 0.05) is 26.8 Å². The molecule has 2 heterocycles. The lowest BCUT2D eigenvalue weighted by atomic mass is 10.0. The minimum atomic E-state index is -0.386. The van der Waals surface area contributed by atoms with Gasteiger partial charge in [0.15, 0.2) is 5.76 Å². The van der Waals surface area contributed by atoms with Crippen LogP contribution in [0.3, 0.4) is 0 Å². The largest absolute Gasteiger partial charge is 0.450 e. The minimum absolute atomic E-state index is 0.226. The summed E-state index contributed by atoms with van der Waals surface area (Å²) >= 11 is 5.66. The fourth-order valence-electron chi connectivity index (χ4n) is 4.19.